The zero-order chi connectivity index (χ0) is 35.5. The highest BCUT2D eigenvalue weighted by Gasteiger charge is 2.22. The predicted octanol–water partition coefficient (Wildman–Crippen LogP) is 12.0. The average molecular weight is 604 g/mol. The molecule has 0 radical (unpaired) electrons. The third-order valence-electron chi connectivity index (χ3n) is 8.92. The maximum absolute atomic E-state index is 8.93. The van der Waals surface area contributed by atoms with E-state index in [1.807, 2.05) is 48.5 Å². The van der Waals surface area contributed by atoms with Crippen molar-refractivity contribution in [2.24, 2.45) is 0 Å². The van der Waals surface area contributed by atoms with Gasteiger partial charge in [-0.25, -0.2) is 4.98 Å². The van der Waals surface area contributed by atoms with Gasteiger partial charge in [0.05, 0.1) is 17.9 Å². The lowest BCUT2D eigenvalue weighted by Crippen LogP contribution is -1.99. The number of imidazole rings is 1. The number of para-hydroxylation sites is 3. The predicted molar refractivity (Wildman–Crippen MR) is 198 cm³/mol. The summed E-state index contributed by atoms with van der Waals surface area (Å²) in [6.07, 6.45) is 0. The number of hydrogen-bond donors (Lipinski definition) is 0. The summed E-state index contributed by atoms with van der Waals surface area (Å²) < 4.78 is 44.8. The lowest BCUT2D eigenvalue weighted by Gasteiger charge is -2.20. The van der Waals surface area contributed by atoms with Gasteiger partial charge in [0, 0.05) is 11.3 Å². The Morgan fingerprint density at radius 2 is 0.936 bits per heavy atom. The number of nitrogens with zero attached hydrogens (tertiary/aromatic N) is 2. The first-order chi connectivity index (χ1) is 25.4. The molecule has 2 heteroatoms. The minimum absolute atomic E-state index is 0.0634. The third-order valence-corrected chi connectivity index (χ3v) is 8.92. The van der Waals surface area contributed by atoms with Crippen LogP contribution in [0.3, 0.4) is 0 Å². The highest BCUT2D eigenvalue weighted by Crippen LogP contribution is 2.46. The SMILES string of the molecule is [2H]c1c([2H])c([2H])c(-n2c(-c3ccccc3-c3c4ccccc4c(-c4ccc(-c5ccccc5)cc4)c4ccccc34)nc3ccccc32)c([2H])c1[2H]. The van der Waals surface area contributed by atoms with E-state index in [0.29, 0.717) is 16.9 Å². The van der Waals surface area contributed by atoms with Crippen molar-refractivity contribution < 1.29 is 6.85 Å². The number of benzene rings is 8. The molecule has 0 aliphatic heterocycles. The van der Waals surface area contributed by atoms with Crippen molar-refractivity contribution in [3.8, 4) is 50.5 Å². The minimum atomic E-state index is -0.433. The smallest absolute Gasteiger partial charge is 0.146 e. The molecule has 0 spiro atoms. The zero-order valence-electron chi connectivity index (χ0n) is 30.3. The molecule has 0 atom stereocenters. The Hall–Kier alpha value is -6.25. The number of rotatable bonds is 5. The Kier molecular flexibility index (Phi) is 5.35. The molecule has 47 heavy (non-hydrogen) atoms. The van der Waals surface area contributed by atoms with Crippen LogP contribution in [0, 0.1) is 0 Å². The summed E-state index contributed by atoms with van der Waals surface area (Å²) in [5.41, 5.74) is 8.70. The summed E-state index contributed by atoms with van der Waals surface area (Å²) in [4.78, 5) is 5.09. The van der Waals surface area contributed by atoms with Gasteiger partial charge in [0.25, 0.3) is 0 Å². The van der Waals surface area contributed by atoms with Crippen molar-refractivity contribution in [2.75, 3.05) is 0 Å². The first-order valence-corrected chi connectivity index (χ1v) is 15.7. The van der Waals surface area contributed by atoms with Crippen molar-refractivity contribution in [1.29, 1.82) is 0 Å². The van der Waals surface area contributed by atoms with E-state index in [0.717, 1.165) is 54.9 Å². The fraction of sp³-hybridized carbons (Fsp3) is 0. The molecular formula is C45H30N2. The van der Waals surface area contributed by atoms with Gasteiger partial charge in [-0.15, -0.1) is 0 Å². The molecule has 0 bridgehead atoms. The quantitative estimate of drug-likeness (QED) is 0.179. The van der Waals surface area contributed by atoms with Gasteiger partial charge < -0.3 is 0 Å². The van der Waals surface area contributed by atoms with E-state index in [-0.39, 0.29) is 17.8 Å². The van der Waals surface area contributed by atoms with Crippen LogP contribution in [-0.4, -0.2) is 9.55 Å². The topological polar surface area (TPSA) is 17.8 Å². The van der Waals surface area contributed by atoms with Crippen LogP contribution < -0.4 is 0 Å². The maximum Gasteiger partial charge on any atom is 0.146 e. The van der Waals surface area contributed by atoms with E-state index >= 15 is 0 Å². The van der Waals surface area contributed by atoms with Gasteiger partial charge >= 0.3 is 0 Å². The zero-order valence-corrected chi connectivity index (χ0v) is 25.3. The molecule has 220 valence electrons. The molecule has 0 aliphatic rings. The van der Waals surface area contributed by atoms with Crippen molar-refractivity contribution in [1.82, 2.24) is 9.55 Å². The normalized spacial score (nSPS) is 12.9. The van der Waals surface area contributed by atoms with Crippen LogP contribution in [0.1, 0.15) is 6.85 Å². The van der Waals surface area contributed by atoms with Gasteiger partial charge in [0.2, 0.25) is 0 Å². The monoisotopic (exact) mass is 603 g/mol. The Bertz CT molecular complexity index is 2760. The first-order valence-electron chi connectivity index (χ1n) is 18.2. The summed E-state index contributed by atoms with van der Waals surface area (Å²) in [6.45, 7) is 0. The van der Waals surface area contributed by atoms with Crippen LogP contribution in [0.25, 0.3) is 83.0 Å². The molecule has 1 aromatic heterocycles. The summed E-state index contributed by atoms with van der Waals surface area (Å²) in [6, 6.07) is 49.9. The number of aromatic nitrogens is 2. The van der Waals surface area contributed by atoms with Gasteiger partial charge in [0.1, 0.15) is 5.82 Å². The van der Waals surface area contributed by atoms with E-state index in [9.17, 15) is 0 Å². The Labute approximate surface area is 280 Å². The summed E-state index contributed by atoms with van der Waals surface area (Å²) in [7, 11) is 0. The molecule has 9 rings (SSSR count). The molecule has 0 unspecified atom stereocenters. The highest BCUT2D eigenvalue weighted by molar-refractivity contribution is 6.22. The Balaban J connectivity index is 1.33. The van der Waals surface area contributed by atoms with Crippen LogP contribution in [0.2, 0.25) is 0 Å². The molecule has 2 nitrogen and oxygen atoms in total. The Morgan fingerprint density at radius 3 is 1.62 bits per heavy atom. The molecule has 0 amide bonds. The van der Waals surface area contributed by atoms with E-state index in [1.165, 1.54) is 5.56 Å². The molecule has 0 N–H and O–H groups in total. The molecule has 8 aromatic carbocycles. The molecule has 9 aromatic rings. The minimum Gasteiger partial charge on any atom is -0.292 e. The second-order valence-electron chi connectivity index (χ2n) is 11.6. The average Bonchev–Trinajstić information content (AvgIpc) is 3.58. The molecule has 0 saturated carbocycles. The van der Waals surface area contributed by atoms with E-state index in [4.69, 9.17) is 11.8 Å². The summed E-state index contributed by atoms with van der Waals surface area (Å²) >= 11 is 0. The lowest BCUT2D eigenvalue weighted by molar-refractivity contribution is 1.10. The van der Waals surface area contributed by atoms with E-state index < -0.39 is 18.1 Å². The standard InChI is InChI=1S/C45H30N2/c1-3-15-31(16-4-1)32-27-29-33(30-28-32)43-35-19-7-9-21-37(35)44(38-22-10-8-20-36(38)43)39-23-11-12-24-40(39)45-46-41-25-13-14-26-42(41)47(45)34-17-5-2-6-18-34/h1-30H/i2D,5D,6D,17D,18D. The molecule has 1 heterocycles. The summed E-state index contributed by atoms with van der Waals surface area (Å²) in [5, 5.41) is 4.36. The molecule has 0 fully saturated rings. The number of hydrogen-bond acceptors (Lipinski definition) is 1. The molecule has 0 saturated heterocycles. The Morgan fingerprint density at radius 1 is 0.426 bits per heavy atom. The summed E-state index contributed by atoms with van der Waals surface area (Å²) in [5.74, 6) is 0.490. The second-order valence-corrected chi connectivity index (χ2v) is 11.6. The third kappa shape index (κ3) is 4.54. The van der Waals surface area contributed by atoms with Gasteiger partial charge in [-0.3, -0.25) is 4.57 Å². The first kappa shape index (κ1) is 22.3. The van der Waals surface area contributed by atoms with Gasteiger partial charge in [-0.05, 0) is 79.1 Å². The largest absolute Gasteiger partial charge is 0.292 e. The van der Waals surface area contributed by atoms with Crippen molar-refractivity contribution in [3.63, 3.8) is 0 Å². The van der Waals surface area contributed by atoms with Crippen LogP contribution in [0.15, 0.2) is 182 Å². The fourth-order valence-corrected chi connectivity index (χ4v) is 6.87. The van der Waals surface area contributed by atoms with Gasteiger partial charge in [-0.1, -0.05) is 158 Å². The second kappa shape index (κ2) is 11.3. The van der Waals surface area contributed by atoms with Gasteiger partial charge in [-0.2, -0.15) is 0 Å². The number of fused-ring (bicyclic) bond motifs is 3. The van der Waals surface area contributed by atoms with Crippen molar-refractivity contribution >= 4 is 32.6 Å². The highest BCUT2D eigenvalue weighted by atomic mass is 15.1. The van der Waals surface area contributed by atoms with Gasteiger partial charge in [0.15, 0.2) is 0 Å². The van der Waals surface area contributed by atoms with Crippen molar-refractivity contribution in [2.45, 2.75) is 0 Å². The lowest BCUT2D eigenvalue weighted by atomic mass is 9.84. The van der Waals surface area contributed by atoms with Crippen LogP contribution >= 0.6 is 0 Å². The maximum atomic E-state index is 8.93. The van der Waals surface area contributed by atoms with Crippen LogP contribution in [-0.2, 0) is 0 Å². The fourth-order valence-electron chi connectivity index (χ4n) is 6.87. The van der Waals surface area contributed by atoms with Crippen LogP contribution in [0.5, 0.6) is 0 Å². The van der Waals surface area contributed by atoms with Crippen molar-refractivity contribution in [3.05, 3.63) is 182 Å². The van der Waals surface area contributed by atoms with E-state index in [1.54, 1.807) is 4.57 Å². The van der Waals surface area contributed by atoms with Crippen LogP contribution in [0.4, 0.5) is 0 Å². The van der Waals surface area contributed by atoms with E-state index in [2.05, 4.69) is 103 Å². The molecular weight excluding hydrogens is 569 g/mol. The molecule has 0 aliphatic carbocycles.